The van der Waals surface area contributed by atoms with Crippen LogP contribution in [0.15, 0.2) is 0 Å². The maximum absolute atomic E-state index is 11.6. The molecule has 0 heterocycles. The topological polar surface area (TPSA) is 63.6 Å². The van der Waals surface area contributed by atoms with Crippen LogP contribution in [0.25, 0.3) is 0 Å². The zero-order valence-corrected chi connectivity index (χ0v) is 13.8. The number of aliphatic hydroxyl groups excluding tert-OH is 1. The number of unbranched alkanes of at least 4 members (excludes halogenated alkanes) is 8. The summed E-state index contributed by atoms with van der Waals surface area (Å²) in [5, 5.41) is 9.52. The first-order valence-electron chi connectivity index (χ1n) is 8.33. The Morgan fingerprint density at radius 3 is 2.14 bits per heavy atom. The number of hydrogen-bond acceptors (Lipinski definition) is 4. The third kappa shape index (κ3) is 15.1. The van der Waals surface area contributed by atoms with Crippen LogP contribution in [0.3, 0.4) is 0 Å². The van der Waals surface area contributed by atoms with E-state index in [-0.39, 0.29) is 18.8 Å². The van der Waals surface area contributed by atoms with Gasteiger partial charge in [0.1, 0.15) is 12.4 Å². The van der Waals surface area contributed by atoms with Gasteiger partial charge in [0.05, 0.1) is 6.10 Å². The summed E-state index contributed by atoms with van der Waals surface area (Å²) < 4.78 is 4.66. The van der Waals surface area contributed by atoms with Crippen molar-refractivity contribution in [1.82, 2.24) is 0 Å². The number of carbonyl (C=O) groups excluding carboxylic acids is 2. The van der Waals surface area contributed by atoms with Crippen molar-refractivity contribution in [1.29, 1.82) is 0 Å². The van der Waals surface area contributed by atoms with E-state index in [0.717, 1.165) is 32.1 Å². The van der Waals surface area contributed by atoms with Gasteiger partial charge in [0, 0.05) is 26.2 Å². The second-order valence-corrected chi connectivity index (χ2v) is 5.73. The zero-order chi connectivity index (χ0) is 16.6. The molecule has 4 heteroatoms. The Balaban J connectivity index is 3.35. The molecule has 1 N–H and O–H groups in total. The first kappa shape index (κ1) is 20.7. The van der Waals surface area contributed by atoms with Crippen molar-refractivity contribution in [2.45, 2.75) is 83.7 Å². The van der Waals surface area contributed by atoms with E-state index in [1.54, 1.807) is 0 Å². The molecule has 0 bridgehead atoms. The minimum atomic E-state index is -0.876. The maximum Gasteiger partial charge on any atom is 0.302 e. The van der Waals surface area contributed by atoms with Gasteiger partial charge in [-0.3, -0.25) is 9.59 Å². The molecule has 126 valence electrons. The van der Waals surface area contributed by atoms with Crippen LogP contribution in [-0.4, -0.2) is 29.6 Å². The van der Waals surface area contributed by atoms with E-state index in [9.17, 15) is 14.7 Å². The fourth-order valence-electron chi connectivity index (χ4n) is 2.25. The number of rotatable bonds is 14. The van der Waals surface area contributed by atoms with E-state index >= 15 is 0 Å². The molecule has 1 atom stereocenters. The van der Waals surface area contributed by atoms with Gasteiger partial charge in [-0.1, -0.05) is 38.5 Å². The molecule has 0 saturated carbocycles. The number of aliphatic hydroxyl groups is 1. The zero-order valence-electron chi connectivity index (χ0n) is 13.8. The number of ether oxygens (including phenoxy) is 1. The van der Waals surface area contributed by atoms with Gasteiger partial charge in [-0.15, -0.1) is 12.3 Å². The van der Waals surface area contributed by atoms with Crippen molar-refractivity contribution in [3.05, 3.63) is 0 Å². The largest absolute Gasteiger partial charge is 0.463 e. The first-order chi connectivity index (χ1) is 10.6. The summed E-state index contributed by atoms with van der Waals surface area (Å²) in [5.41, 5.74) is 0. The van der Waals surface area contributed by atoms with E-state index in [0.29, 0.717) is 6.42 Å². The molecule has 22 heavy (non-hydrogen) atoms. The summed E-state index contributed by atoms with van der Waals surface area (Å²) in [6.07, 6.45) is 14.9. The van der Waals surface area contributed by atoms with Crippen molar-refractivity contribution in [3.63, 3.8) is 0 Å². The van der Waals surface area contributed by atoms with Crippen molar-refractivity contribution < 1.29 is 19.4 Å². The molecule has 0 spiro atoms. The molecule has 0 rings (SSSR count). The second kappa shape index (κ2) is 14.6. The molecule has 0 aliphatic carbocycles. The lowest BCUT2D eigenvalue weighted by Gasteiger charge is -2.09. The van der Waals surface area contributed by atoms with Crippen LogP contribution in [0.2, 0.25) is 0 Å². The summed E-state index contributed by atoms with van der Waals surface area (Å²) in [6.45, 7) is 1.18. The molecular weight excluding hydrogens is 280 g/mol. The van der Waals surface area contributed by atoms with E-state index in [1.807, 2.05) is 0 Å². The second-order valence-electron chi connectivity index (χ2n) is 5.73. The average Bonchev–Trinajstić information content (AvgIpc) is 2.47. The number of terminal acetylenes is 1. The van der Waals surface area contributed by atoms with Crippen molar-refractivity contribution in [2.24, 2.45) is 0 Å². The standard InChI is InChI=1S/C18H30O4/c1-3-4-5-6-7-8-9-10-11-12-13-17(20)14-18(21)15-22-16(2)19/h1,18,21H,4-15H2,2H3. The third-order valence-corrected chi connectivity index (χ3v) is 3.47. The summed E-state index contributed by atoms with van der Waals surface area (Å²) in [5.74, 6) is 2.25. The highest BCUT2D eigenvalue weighted by Crippen LogP contribution is 2.11. The van der Waals surface area contributed by atoms with E-state index in [1.165, 1.54) is 32.6 Å². The molecule has 0 aliphatic rings. The summed E-state index contributed by atoms with van der Waals surface area (Å²) in [6, 6.07) is 0. The number of carbonyl (C=O) groups is 2. The van der Waals surface area contributed by atoms with Gasteiger partial charge in [-0.05, 0) is 12.8 Å². The predicted molar refractivity (Wildman–Crippen MR) is 87.3 cm³/mol. The lowest BCUT2D eigenvalue weighted by molar-refractivity contribution is -0.145. The first-order valence-corrected chi connectivity index (χ1v) is 8.33. The molecular formula is C18H30O4. The Hall–Kier alpha value is -1.34. The van der Waals surface area contributed by atoms with Gasteiger partial charge in [0.2, 0.25) is 0 Å². The van der Waals surface area contributed by atoms with Gasteiger partial charge in [-0.2, -0.15) is 0 Å². The molecule has 4 nitrogen and oxygen atoms in total. The molecule has 0 radical (unpaired) electrons. The normalized spacial score (nSPS) is 11.7. The minimum absolute atomic E-state index is 0.0361. The van der Waals surface area contributed by atoms with Crippen LogP contribution in [0.1, 0.15) is 77.6 Å². The number of ketones is 1. The Morgan fingerprint density at radius 2 is 1.59 bits per heavy atom. The predicted octanol–water partition coefficient (Wildman–Crippen LogP) is 3.40. The SMILES string of the molecule is C#CCCCCCCCCCCC(=O)CC(O)COC(C)=O. The molecule has 0 aliphatic heterocycles. The molecule has 0 fully saturated rings. The highest BCUT2D eigenvalue weighted by Gasteiger charge is 2.11. The van der Waals surface area contributed by atoms with Crippen LogP contribution < -0.4 is 0 Å². The van der Waals surface area contributed by atoms with E-state index < -0.39 is 12.1 Å². The number of hydrogen-bond donors (Lipinski definition) is 1. The molecule has 0 saturated heterocycles. The van der Waals surface area contributed by atoms with E-state index in [2.05, 4.69) is 10.7 Å². The van der Waals surface area contributed by atoms with Crippen LogP contribution in [-0.2, 0) is 14.3 Å². The van der Waals surface area contributed by atoms with Crippen molar-refractivity contribution in [3.8, 4) is 12.3 Å². The molecule has 0 aromatic carbocycles. The van der Waals surface area contributed by atoms with E-state index in [4.69, 9.17) is 6.42 Å². The molecule has 0 amide bonds. The summed E-state index contributed by atoms with van der Waals surface area (Å²) in [7, 11) is 0. The lowest BCUT2D eigenvalue weighted by Crippen LogP contribution is -2.20. The number of esters is 1. The monoisotopic (exact) mass is 310 g/mol. The van der Waals surface area contributed by atoms with Gasteiger partial charge in [0.15, 0.2) is 0 Å². The highest BCUT2D eigenvalue weighted by atomic mass is 16.5. The minimum Gasteiger partial charge on any atom is -0.463 e. The Kier molecular flexibility index (Phi) is 13.7. The summed E-state index contributed by atoms with van der Waals surface area (Å²) >= 11 is 0. The Morgan fingerprint density at radius 1 is 1.05 bits per heavy atom. The van der Waals surface area contributed by atoms with Gasteiger partial charge in [0.25, 0.3) is 0 Å². The lowest BCUT2D eigenvalue weighted by atomic mass is 10.0. The molecule has 0 aromatic rings. The van der Waals surface area contributed by atoms with Crippen LogP contribution in [0.4, 0.5) is 0 Å². The summed E-state index contributed by atoms with van der Waals surface area (Å²) in [4.78, 5) is 22.2. The Bertz CT molecular complexity index is 343. The highest BCUT2D eigenvalue weighted by molar-refractivity contribution is 5.78. The fraction of sp³-hybridized carbons (Fsp3) is 0.778. The van der Waals surface area contributed by atoms with Gasteiger partial charge < -0.3 is 9.84 Å². The number of Topliss-reactive ketones (excluding diaryl/α,β-unsaturated/α-hetero) is 1. The smallest absolute Gasteiger partial charge is 0.302 e. The third-order valence-electron chi connectivity index (χ3n) is 3.47. The quantitative estimate of drug-likeness (QED) is 0.303. The van der Waals surface area contributed by atoms with Crippen LogP contribution in [0.5, 0.6) is 0 Å². The van der Waals surface area contributed by atoms with Gasteiger partial charge in [-0.25, -0.2) is 0 Å². The van der Waals surface area contributed by atoms with Crippen molar-refractivity contribution >= 4 is 11.8 Å². The Labute approximate surface area is 134 Å². The van der Waals surface area contributed by atoms with Gasteiger partial charge >= 0.3 is 5.97 Å². The van der Waals surface area contributed by atoms with Crippen LogP contribution in [0, 0.1) is 12.3 Å². The maximum atomic E-state index is 11.6. The molecule has 0 aromatic heterocycles. The van der Waals surface area contributed by atoms with Crippen molar-refractivity contribution in [2.75, 3.05) is 6.61 Å². The molecule has 1 unspecified atom stereocenters. The van der Waals surface area contributed by atoms with Crippen LogP contribution >= 0.6 is 0 Å². The fourth-order valence-corrected chi connectivity index (χ4v) is 2.25. The average molecular weight is 310 g/mol.